The van der Waals surface area contributed by atoms with Crippen LogP contribution in [0.4, 0.5) is 23.4 Å². The number of alkyl halides is 4. The molecule has 34 heavy (non-hydrogen) atoms. The third-order valence-corrected chi connectivity index (χ3v) is 5.52. The monoisotopic (exact) mass is 514 g/mol. The molecule has 0 saturated heterocycles. The van der Waals surface area contributed by atoms with Crippen LogP contribution in [0.1, 0.15) is 35.4 Å². The molecular formula is C21H16Cl2F4N6O. The number of rotatable bonds is 7. The summed E-state index contributed by atoms with van der Waals surface area (Å²) < 4.78 is 55.9. The summed E-state index contributed by atoms with van der Waals surface area (Å²) in [5.74, 6) is -0.375. The van der Waals surface area contributed by atoms with Gasteiger partial charge in [-0.2, -0.15) is 10.2 Å². The molecule has 1 aromatic carbocycles. The van der Waals surface area contributed by atoms with Crippen molar-refractivity contribution in [2.45, 2.75) is 32.9 Å². The van der Waals surface area contributed by atoms with Crippen LogP contribution < -0.4 is 5.32 Å². The zero-order valence-corrected chi connectivity index (χ0v) is 19.0. The molecule has 3 aromatic heterocycles. The average molecular weight is 515 g/mol. The van der Waals surface area contributed by atoms with Gasteiger partial charge in [0.15, 0.2) is 11.5 Å². The van der Waals surface area contributed by atoms with E-state index in [0.29, 0.717) is 22.7 Å². The molecule has 0 bridgehead atoms. The topological polar surface area (TPSA) is 77.6 Å². The van der Waals surface area contributed by atoms with E-state index in [-0.39, 0.29) is 22.5 Å². The second-order valence-corrected chi connectivity index (χ2v) is 8.21. The molecule has 0 radical (unpaired) electrons. The third kappa shape index (κ3) is 5.00. The molecule has 0 spiro atoms. The Hall–Kier alpha value is -3.18. The van der Waals surface area contributed by atoms with Gasteiger partial charge in [-0.25, -0.2) is 27.2 Å². The predicted molar refractivity (Wildman–Crippen MR) is 119 cm³/mol. The highest BCUT2D eigenvalue weighted by molar-refractivity contribution is 6.35. The molecular weight excluding hydrogens is 499 g/mol. The van der Waals surface area contributed by atoms with Gasteiger partial charge in [-0.05, 0) is 30.7 Å². The number of pyridine rings is 1. The number of amides is 1. The van der Waals surface area contributed by atoms with Gasteiger partial charge in [0, 0.05) is 27.9 Å². The largest absolute Gasteiger partial charge is 0.308 e. The fourth-order valence-corrected chi connectivity index (χ4v) is 3.93. The number of fused-ring (bicyclic) bond motifs is 1. The number of anilines is 1. The molecule has 13 heteroatoms. The van der Waals surface area contributed by atoms with Crippen LogP contribution in [-0.4, -0.2) is 30.5 Å². The Balaban J connectivity index is 1.53. The van der Waals surface area contributed by atoms with Crippen molar-refractivity contribution in [1.82, 2.24) is 24.5 Å². The summed E-state index contributed by atoms with van der Waals surface area (Å²) in [5.41, 5.74) is -0.728. The van der Waals surface area contributed by atoms with Gasteiger partial charge in [0.1, 0.15) is 12.2 Å². The Morgan fingerprint density at radius 2 is 1.85 bits per heavy atom. The van der Waals surface area contributed by atoms with Crippen LogP contribution in [0.25, 0.3) is 11.0 Å². The van der Waals surface area contributed by atoms with Gasteiger partial charge < -0.3 is 5.32 Å². The number of aromatic nitrogens is 5. The van der Waals surface area contributed by atoms with E-state index < -0.39 is 36.6 Å². The summed E-state index contributed by atoms with van der Waals surface area (Å²) in [6.45, 7) is 1.32. The van der Waals surface area contributed by atoms with Crippen molar-refractivity contribution < 1.29 is 22.4 Å². The first-order valence-electron chi connectivity index (χ1n) is 9.84. The van der Waals surface area contributed by atoms with Crippen LogP contribution in [0.2, 0.25) is 10.0 Å². The molecule has 3 heterocycles. The molecule has 0 aliphatic heterocycles. The van der Waals surface area contributed by atoms with E-state index in [9.17, 15) is 22.4 Å². The van der Waals surface area contributed by atoms with Crippen molar-refractivity contribution in [3.63, 3.8) is 0 Å². The van der Waals surface area contributed by atoms with E-state index >= 15 is 0 Å². The minimum Gasteiger partial charge on any atom is -0.308 e. The van der Waals surface area contributed by atoms with Gasteiger partial charge in [-0.1, -0.05) is 29.3 Å². The molecule has 0 fully saturated rings. The second-order valence-electron chi connectivity index (χ2n) is 7.36. The van der Waals surface area contributed by atoms with E-state index in [1.54, 1.807) is 35.1 Å². The second kappa shape index (κ2) is 9.59. The lowest BCUT2D eigenvalue weighted by Gasteiger charge is -2.08. The van der Waals surface area contributed by atoms with Crippen molar-refractivity contribution in [3.05, 3.63) is 69.1 Å². The number of nitrogens with one attached hydrogen (secondary N) is 1. The van der Waals surface area contributed by atoms with E-state index in [1.807, 2.05) is 0 Å². The van der Waals surface area contributed by atoms with Crippen molar-refractivity contribution in [2.75, 3.05) is 5.32 Å². The summed E-state index contributed by atoms with van der Waals surface area (Å²) in [6, 6.07) is 7.27. The highest BCUT2D eigenvalue weighted by atomic mass is 35.5. The summed E-state index contributed by atoms with van der Waals surface area (Å²) in [7, 11) is 0. The fraction of sp³-hybridized carbons (Fsp3) is 0.238. The Morgan fingerprint density at radius 1 is 1.09 bits per heavy atom. The number of carbonyl (C=O) groups is 1. The number of aryl methyl sites for hydroxylation is 1. The Kier molecular flexibility index (Phi) is 6.76. The Bertz CT molecular complexity index is 1370. The van der Waals surface area contributed by atoms with Crippen molar-refractivity contribution in [1.29, 1.82) is 0 Å². The molecule has 0 aliphatic carbocycles. The zero-order chi connectivity index (χ0) is 24.6. The molecule has 1 amide bonds. The smallest absolute Gasteiger partial charge is 0.280 e. The van der Waals surface area contributed by atoms with Gasteiger partial charge >= 0.3 is 0 Å². The predicted octanol–water partition coefficient (Wildman–Crippen LogP) is 5.81. The van der Waals surface area contributed by atoms with Crippen molar-refractivity contribution >= 4 is 46.0 Å². The van der Waals surface area contributed by atoms with Crippen LogP contribution >= 0.6 is 23.2 Å². The summed E-state index contributed by atoms with van der Waals surface area (Å²) in [6.07, 6.45) is -4.44. The van der Waals surface area contributed by atoms with Crippen LogP contribution in [0, 0.1) is 6.92 Å². The minimum absolute atomic E-state index is 0.0590. The quantitative estimate of drug-likeness (QED) is 0.316. The molecule has 0 unspecified atom stereocenters. The minimum atomic E-state index is -3.06. The van der Waals surface area contributed by atoms with Gasteiger partial charge in [-0.15, -0.1) is 0 Å². The number of hydrogen-bond donors (Lipinski definition) is 1. The lowest BCUT2D eigenvalue weighted by atomic mass is 10.1. The maximum Gasteiger partial charge on any atom is 0.280 e. The highest BCUT2D eigenvalue weighted by Crippen LogP contribution is 2.32. The van der Waals surface area contributed by atoms with Crippen LogP contribution in [0.5, 0.6) is 0 Å². The van der Waals surface area contributed by atoms with Crippen molar-refractivity contribution in [3.8, 4) is 0 Å². The fourth-order valence-electron chi connectivity index (χ4n) is 3.46. The molecule has 1 N–H and O–H groups in total. The normalized spacial score (nSPS) is 11.7. The number of carbonyl (C=O) groups excluding carboxylic acids is 1. The number of nitrogens with zero attached hydrogens (tertiary/aromatic N) is 5. The lowest BCUT2D eigenvalue weighted by molar-refractivity contribution is -0.116. The molecule has 0 atom stereocenters. The van der Waals surface area contributed by atoms with Crippen LogP contribution in [0.15, 0.2) is 36.5 Å². The Labute approximate surface area is 200 Å². The molecule has 0 aliphatic rings. The van der Waals surface area contributed by atoms with E-state index in [2.05, 4.69) is 20.5 Å². The zero-order valence-electron chi connectivity index (χ0n) is 17.4. The first kappa shape index (κ1) is 24.0. The van der Waals surface area contributed by atoms with E-state index in [0.717, 1.165) is 10.2 Å². The van der Waals surface area contributed by atoms with Crippen LogP contribution in [-0.2, 0) is 17.9 Å². The third-order valence-electron chi connectivity index (χ3n) is 4.94. The van der Waals surface area contributed by atoms with Crippen molar-refractivity contribution in [2.24, 2.45) is 0 Å². The van der Waals surface area contributed by atoms with Crippen LogP contribution in [0.3, 0.4) is 0 Å². The maximum atomic E-state index is 13.5. The summed E-state index contributed by atoms with van der Waals surface area (Å²) >= 11 is 12.1. The standard InChI is InChI=1S/C21H16Cl2F4N6O/c1-10-18-13(19(24)25)7-15(20(26)27)28-21(18)33(30-10)9-17(34)29-16-4-5-32(31-16)8-11-2-3-12(22)6-14(11)23/h2-7,19-20H,8-9H2,1H3,(H,29,31,34). The molecule has 7 nitrogen and oxygen atoms in total. The summed E-state index contributed by atoms with van der Waals surface area (Å²) in [4.78, 5) is 16.3. The average Bonchev–Trinajstić information content (AvgIpc) is 3.33. The molecule has 4 aromatic rings. The van der Waals surface area contributed by atoms with Gasteiger partial charge in [0.25, 0.3) is 12.9 Å². The summed E-state index contributed by atoms with van der Waals surface area (Å²) in [5, 5.41) is 11.8. The molecule has 4 rings (SSSR count). The highest BCUT2D eigenvalue weighted by Gasteiger charge is 2.24. The van der Waals surface area contributed by atoms with Gasteiger partial charge in [0.05, 0.1) is 17.6 Å². The lowest BCUT2D eigenvalue weighted by Crippen LogP contribution is -2.20. The maximum absolute atomic E-state index is 13.5. The number of hydrogen-bond acceptors (Lipinski definition) is 4. The molecule has 0 saturated carbocycles. The number of benzene rings is 1. The van der Waals surface area contributed by atoms with E-state index in [4.69, 9.17) is 23.2 Å². The SMILES string of the molecule is Cc1nn(CC(=O)Nc2ccn(Cc3ccc(Cl)cc3Cl)n2)c2nc(C(F)F)cc(C(F)F)c12. The van der Waals surface area contributed by atoms with Gasteiger partial charge in [0.2, 0.25) is 5.91 Å². The number of halogens is 6. The first-order chi connectivity index (χ1) is 16.1. The van der Waals surface area contributed by atoms with Gasteiger partial charge in [-0.3, -0.25) is 9.48 Å². The Morgan fingerprint density at radius 3 is 2.53 bits per heavy atom. The first-order valence-corrected chi connectivity index (χ1v) is 10.6. The van der Waals surface area contributed by atoms with E-state index in [1.165, 1.54) is 6.92 Å². The molecule has 178 valence electrons.